The standard InChI is InChI=1S/C10H8BrN3O/c1-14-9(8(11)6-13-14)10(15)7-2-4-12-5-3-7/h2-6H,1H3. The Bertz CT molecular complexity index is 473. The second kappa shape index (κ2) is 3.94. The first kappa shape index (κ1) is 10.0. The van der Waals surface area contributed by atoms with Gasteiger partial charge in [0.15, 0.2) is 0 Å². The van der Waals surface area contributed by atoms with E-state index >= 15 is 0 Å². The number of hydrogen-bond donors (Lipinski definition) is 0. The predicted octanol–water partition coefficient (Wildman–Crippen LogP) is 1.81. The Hall–Kier alpha value is -1.49. The molecule has 0 aromatic carbocycles. The summed E-state index contributed by atoms with van der Waals surface area (Å²) < 4.78 is 2.25. The molecule has 0 saturated heterocycles. The van der Waals surface area contributed by atoms with E-state index in [1.807, 2.05) is 0 Å². The van der Waals surface area contributed by atoms with E-state index < -0.39 is 0 Å². The molecule has 0 N–H and O–H groups in total. The lowest BCUT2D eigenvalue weighted by Gasteiger charge is -2.01. The molecule has 2 aromatic heterocycles. The summed E-state index contributed by atoms with van der Waals surface area (Å²) in [6, 6.07) is 3.36. The quantitative estimate of drug-likeness (QED) is 0.779. The molecule has 0 bridgehead atoms. The normalized spacial score (nSPS) is 10.3. The van der Waals surface area contributed by atoms with Gasteiger partial charge in [0, 0.05) is 25.0 Å². The minimum atomic E-state index is -0.0655. The monoisotopic (exact) mass is 265 g/mol. The van der Waals surface area contributed by atoms with Crippen molar-refractivity contribution in [1.29, 1.82) is 0 Å². The highest BCUT2D eigenvalue weighted by Crippen LogP contribution is 2.18. The number of rotatable bonds is 2. The number of carbonyl (C=O) groups excluding carboxylic acids is 1. The first-order valence-electron chi connectivity index (χ1n) is 4.32. The molecule has 2 heterocycles. The molecule has 0 fully saturated rings. The zero-order valence-electron chi connectivity index (χ0n) is 8.01. The Labute approximate surface area is 95.1 Å². The molecule has 0 amide bonds. The summed E-state index contributed by atoms with van der Waals surface area (Å²) in [5.74, 6) is -0.0655. The third-order valence-electron chi connectivity index (χ3n) is 2.05. The van der Waals surface area contributed by atoms with Gasteiger partial charge in [0.1, 0.15) is 5.69 Å². The van der Waals surface area contributed by atoms with E-state index in [0.717, 1.165) is 0 Å². The molecule has 0 radical (unpaired) electrons. The summed E-state index contributed by atoms with van der Waals surface area (Å²) in [4.78, 5) is 15.9. The van der Waals surface area contributed by atoms with E-state index in [0.29, 0.717) is 15.7 Å². The molecule has 0 atom stereocenters. The van der Waals surface area contributed by atoms with Crippen molar-refractivity contribution >= 4 is 21.7 Å². The van der Waals surface area contributed by atoms with Crippen molar-refractivity contribution in [1.82, 2.24) is 14.8 Å². The number of aryl methyl sites for hydroxylation is 1. The van der Waals surface area contributed by atoms with Gasteiger partial charge in [0.25, 0.3) is 0 Å². The fourth-order valence-corrected chi connectivity index (χ4v) is 1.83. The number of aromatic nitrogens is 3. The summed E-state index contributed by atoms with van der Waals surface area (Å²) in [5.41, 5.74) is 1.15. The predicted molar refractivity (Wildman–Crippen MR) is 58.6 cm³/mol. The Morgan fingerprint density at radius 2 is 2.07 bits per heavy atom. The van der Waals surface area contributed by atoms with Gasteiger partial charge >= 0.3 is 0 Å². The van der Waals surface area contributed by atoms with Crippen LogP contribution >= 0.6 is 15.9 Å². The van der Waals surface area contributed by atoms with Gasteiger partial charge in [0.2, 0.25) is 5.78 Å². The maximum absolute atomic E-state index is 12.0. The second-order valence-electron chi connectivity index (χ2n) is 3.03. The number of carbonyl (C=O) groups is 1. The fraction of sp³-hybridized carbons (Fsp3) is 0.100. The van der Waals surface area contributed by atoms with Gasteiger partial charge in [-0.3, -0.25) is 14.5 Å². The number of halogens is 1. The van der Waals surface area contributed by atoms with Gasteiger partial charge in [-0.15, -0.1) is 0 Å². The van der Waals surface area contributed by atoms with Crippen LogP contribution in [-0.2, 0) is 7.05 Å². The van der Waals surface area contributed by atoms with Crippen molar-refractivity contribution < 1.29 is 4.79 Å². The van der Waals surface area contributed by atoms with E-state index in [1.165, 1.54) is 0 Å². The Morgan fingerprint density at radius 1 is 1.40 bits per heavy atom. The van der Waals surface area contributed by atoms with E-state index in [1.54, 1.807) is 42.5 Å². The van der Waals surface area contributed by atoms with Gasteiger partial charge < -0.3 is 0 Å². The molecule has 0 aliphatic carbocycles. The largest absolute Gasteiger partial charge is 0.287 e. The number of hydrogen-bond acceptors (Lipinski definition) is 3. The third kappa shape index (κ3) is 1.83. The van der Waals surface area contributed by atoms with Crippen LogP contribution in [0.4, 0.5) is 0 Å². The maximum Gasteiger partial charge on any atom is 0.212 e. The molecule has 0 aliphatic heterocycles. The summed E-state index contributed by atoms with van der Waals surface area (Å²) in [7, 11) is 1.74. The molecule has 76 valence electrons. The summed E-state index contributed by atoms with van der Waals surface area (Å²) in [5, 5.41) is 4.00. The van der Waals surface area contributed by atoms with Crippen LogP contribution in [0.25, 0.3) is 0 Å². The van der Waals surface area contributed by atoms with Crippen molar-refractivity contribution in [3.63, 3.8) is 0 Å². The molecular formula is C10H8BrN3O. The molecule has 0 spiro atoms. The average Bonchev–Trinajstić information content (AvgIpc) is 2.59. The molecule has 0 saturated carbocycles. The van der Waals surface area contributed by atoms with Gasteiger partial charge in [-0.25, -0.2) is 0 Å². The van der Waals surface area contributed by atoms with Gasteiger partial charge in [-0.2, -0.15) is 5.10 Å². The zero-order chi connectivity index (χ0) is 10.8. The first-order chi connectivity index (χ1) is 7.20. The van der Waals surface area contributed by atoms with E-state index in [9.17, 15) is 4.79 Å². The average molecular weight is 266 g/mol. The molecule has 5 heteroatoms. The summed E-state index contributed by atoms with van der Waals surface area (Å²) >= 11 is 3.30. The highest BCUT2D eigenvalue weighted by atomic mass is 79.9. The summed E-state index contributed by atoms with van der Waals surface area (Å²) in [6.07, 6.45) is 4.80. The Morgan fingerprint density at radius 3 is 2.60 bits per heavy atom. The lowest BCUT2D eigenvalue weighted by atomic mass is 10.1. The molecule has 2 rings (SSSR count). The smallest absolute Gasteiger partial charge is 0.212 e. The first-order valence-corrected chi connectivity index (χ1v) is 5.11. The van der Waals surface area contributed by atoms with Crippen LogP contribution in [0.1, 0.15) is 16.1 Å². The van der Waals surface area contributed by atoms with Crippen molar-refractivity contribution in [2.75, 3.05) is 0 Å². The molecule has 15 heavy (non-hydrogen) atoms. The van der Waals surface area contributed by atoms with Crippen molar-refractivity contribution in [3.05, 3.63) is 46.5 Å². The van der Waals surface area contributed by atoms with Crippen molar-refractivity contribution in [3.8, 4) is 0 Å². The van der Waals surface area contributed by atoms with Crippen LogP contribution in [0.15, 0.2) is 35.2 Å². The van der Waals surface area contributed by atoms with Crippen molar-refractivity contribution in [2.24, 2.45) is 7.05 Å². The van der Waals surface area contributed by atoms with Gasteiger partial charge in [0.05, 0.1) is 10.7 Å². The van der Waals surface area contributed by atoms with Crippen LogP contribution in [0.2, 0.25) is 0 Å². The maximum atomic E-state index is 12.0. The molecule has 2 aromatic rings. The lowest BCUT2D eigenvalue weighted by Crippen LogP contribution is -2.08. The molecule has 4 nitrogen and oxygen atoms in total. The van der Waals surface area contributed by atoms with Crippen molar-refractivity contribution in [2.45, 2.75) is 0 Å². The molecular weight excluding hydrogens is 258 g/mol. The van der Waals surface area contributed by atoms with Crippen LogP contribution < -0.4 is 0 Å². The lowest BCUT2D eigenvalue weighted by molar-refractivity contribution is 0.102. The Balaban J connectivity index is 2.46. The van der Waals surface area contributed by atoms with E-state index in [4.69, 9.17) is 0 Å². The van der Waals surface area contributed by atoms with E-state index in [2.05, 4.69) is 26.0 Å². The number of ketones is 1. The third-order valence-corrected chi connectivity index (χ3v) is 2.63. The fourth-order valence-electron chi connectivity index (χ4n) is 1.31. The Kier molecular flexibility index (Phi) is 2.64. The SMILES string of the molecule is Cn1ncc(Br)c1C(=O)c1ccncc1. The van der Waals surface area contributed by atoms with Gasteiger partial charge in [-0.05, 0) is 28.1 Å². The van der Waals surface area contributed by atoms with Crippen LogP contribution in [-0.4, -0.2) is 20.5 Å². The highest BCUT2D eigenvalue weighted by Gasteiger charge is 2.16. The van der Waals surface area contributed by atoms with Crippen LogP contribution in [0, 0.1) is 0 Å². The molecule has 0 unspecified atom stereocenters. The topological polar surface area (TPSA) is 47.8 Å². The minimum Gasteiger partial charge on any atom is -0.287 e. The minimum absolute atomic E-state index is 0.0655. The number of pyridine rings is 1. The summed E-state index contributed by atoms with van der Waals surface area (Å²) in [6.45, 7) is 0. The van der Waals surface area contributed by atoms with Gasteiger partial charge in [-0.1, -0.05) is 0 Å². The zero-order valence-corrected chi connectivity index (χ0v) is 9.60. The highest BCUT2D eigenvalue weighted by molar-refractivity contribution is 9.10. The molecule has 0 aliphatic rings. The second-order valence-corrected chi connectivity index (χ2v) is 3.88. The van der Waals surface area contributed by atoms with Crippen LogP contribution in [0.5, 0.6) is 0 Å². The van der Waals surface area contributed by atoms with E-state index in [-0.39, 0.29) is 5.78 Å². The number of nitrogens with zero attached hydrogens (tertiary/aromatic N) is 3. The van der Waals surface area contributed by atoms with Crippen LogP contribution in [0.3, 0.4) is 0 Å².